The maximum atomic E-state index is 12.8. The fourth-order valence-electron chi connectivity index (χ4n) is 4.26. The van der Waals surface area contributed by atoms with Crippen molar-refractivity contribution in [3.05, 3.63) is 30.1 Å². The number of nitrogens with zero attached hydrogens (tertiary/aromatic N) is 4. The summed E-state index contributed by atoms with van der Waals surface area (Å²) < 4.78 is 0. The molecule has 0 aliphatic carbocycles. The molecule has 1 atom stereocenters. The molecule has 3 rings (SSSR count). The summed E-state index contributed by atoms with van der Waals surface area (Å²) in [4.78, 5) is 36.1. The number of ketones is 1. The highest BCUT2D eigenvalue weighted by Crippen LogP contribution is 2.26. The van der Waals surface area contributed by atoms with Gasteiger partial charge < -0.3 is 20.0 Å². The highest BCUT2D eigenvalue weighted by molar-refractivity contribution is 5.96. The SMILES string of the molecule is CN1CCC(CNC(=O)N2CCCC(C(=O)c3ccccn3)C2)(N(C)C)CC1. The predicted octanol–water partition coefficient (Wildman–Crippen LogP) is 1.71. The van der Waals surface area contributed by atoms with Crippen molar-refractivity contribution in [3.8, 4) is 0 Å². The largest absolute Gasteiger partial charge is 0.336 e. The molecule has 2 amide bonds. The molecule has 1 aromatic rings. The Morgan fingerprint density at radius 1 is 1.25 bits per heavy atom. The van der Waals surface area contributed by atoms with Crippen LogP contribution in [0.1, 0.15) is 36.2 Å². The van der Waals surface area contributed by atoms with E-state index in [4.69, 9.17) is 0 Å². The maximum Gasteiger partial charge on any atom is 0.317 e. The van der Waals surface area contributed by atoms with E-state index in [-0.39, 0.29) is 23.3 Å². The lowest BCUT2D eigenvalue weighted by atomic mass is 9.86. The molecule has 0 bridgehead atoms. The molecule has 2 fully saturated rings. The van der Waals surface area contributed by atoms with Gasteiger partial charge in [0, 0.05) is 37.3 Å². The minimum Gasteiger partial charge on any atom is -0.336 e. The molecule has 0 radical (unpaired) electrons. The highest BCUT2D eigenvalue weighted by atomic mass is 16.2. The zero-order valence-electron chi connectivity index (χ0n) is 17.4. The van der Waals surface area contributed by atoms with Gasteiger partial charge in [0.05, 0.1) is 0 Å². The molecule has 1 unspecified atom stereocenters. The highest BCUT2D eigenvalue weighted by Gasteiger charge is 2.37. The molecule has 7 nitrogen and oxygen atoms in total. The summed E-state index contributed by atoms with van der Waals surface area (Å²) in [5, 5.41) is 3.16. The van der Waals surface area contributed by atoms with Crippen LogP contribution >= 0.6 is 0 Å². The summed E-state index contributed by atoms with van der Waals surface area (Å²) in [6.07, 6.45) is 5.38. The second-order valence-electron chi connectivity index (χ2n) is 8.45. The molecular formula is C21H33N5O2. The molecule has 7 heteroatoms. The van der Waals surface area contributed by atoms with Crippen molar-refractivity contribution in [1.82, 2.24) is 25.0 Å². The second kappa shape index (κ2) is 9.01. The average molecular weight is 388 g/mol. The van der Waals surface area contributed by atoms with Crippen molar-refractivity contribution in [2.75, 3.05) is 53.9 Å². The van der Waals surface area contributed by atoms with E-state index in [0.29, 0.717) is 25.3 Å². The third-order valence-corrected chi connectivity index (χ3v) is 6.43. The molecule has 154 valence electrons. The molecular weight excluding hydrogens is 354 g/mol. The van der Waals surface area contributed by atoms with Crippen LogP contribution in [0.2, 0.25) is 0 Å². The molecule has 1 N–H and O–H groups in total. The summed E-state index contributed by atoms with van der Waals surface area (Å²) >= 11 is 0. The number of rotatable bonds is 5. The number of carbonyl (C=O) groups is 2. The van der Waals surface area contributed by atoms with E-state index in [1.807, 2.05) is 6.07 Å². The van der Waals surface area contributed by atoms with Gasteiger partial charge in [-0.3, -0.25) is 9.78 Å². The van der Waals surface area contributed by atoms with Crippen molar-refractivity contribution < 1.29 is 9.59 Å². The van der Waals surface area contributed by atoms with Crippen LogP contribution in [-0.4, -0.2) is 90.9 Å². The molecule has 2 saturated heterocycles. The topological polar surface area (TPSA) is 68.8 Å². The quantitative estimate of drug-likeness (QED) is 0.779. The van der Waals surface area contributed by atoms with Gasteiger partial charge in [-0.15, -0.1) is 0 Å². The zero-order valence-corrected chi connectivity index (χ0v) is 17.4. The molecule has 0 spiro atoms. The van der Waals surface area contributed by atoms with Crippen molar-refractivity contribution in [2.24, 2.45) is 5.92 Å². The number of amides is 2. The summed E-state index contributed by atoms with van der Waals surface area (Å²) in [6.45, 7) is 3.90. The van der Waals surface area contributed by atoms with Crippen molar-refractivity contribution in [1.29, 1.82) is 0 Å². The fraction of sp³-hybridized carbons (Fsp3) is 0.667. The Balaban J connectivity index is 1.57. The molecule has 0 saturated carbocycles. The second-order valence-corrected chi connectivity index (χ2v) is 8.45. The van der Waals surface area contributed by atoms with E-state index in [1.165, 1.54) is 0 Å². The number of Topliss-reactive ketones (excluding diaryl/α,β-unsaturated/α-hetero) is 1. The number of carbonyl (C=O) groups excluding carboxylic acids is 2. The van der Waals surface area contributed by atoms with Gasteiger partial charge in [-0.05, 0) is 72.0 Å². The number of pyridine rings is 1. The summed E-state index contributed by atoms with van der Waals surface area (Å²) in [5.41, 5.74) is 0.494. The smallest absolute Gasteiger partial charge is 0.317 e. The fourth-order valence-corrected chi connectivity index (χ4v) is 4.26. The van der Waals surface area contributed by atoms with E-state index in [1.54, 1.807) is 23.2 Å². The number of likely N-dealkylation sites (tertiary alicyclic amines) is 2. The van der Waals surface area contributed by atoms with Gasteiger partial charge in [-0.2, -0.15) is 0 Å². The Morgan fingerprint density at radius 3 is 2.64 bits per heavy atom. The van der Waals surface area contributed by atoms with Crippen LogP contribution in [0.4, 0.5) is 4.79 Å². The summed E-state index contributed by atoms with van der Waals surface area (Å²) in [5.74, 6) is -0.126. The number of piperidine rings is 2. The van der Waals surface area contributed by atoms with Gasteiger partial charge in [0.25, 0.3) is 0 Å². The van der Waals surface area contributed by atoms with E-state index >= 15 is 0 Å². The van der Waals surface area contributed by atoms with Crippen LogP contribution in [0.15, 0.2) is 24.4 Å². The average Bonchev–Trinajstić information content (AvgIpc) is 2.73. The van der Waals surface area contributed by atoms with Crippen LogP contribution in [0.5, 0.6) is 0 Å². The van der Waals surface area contributed by atoms with E-state index < -0.39 is 0 Å². The Bertz CT molecular complexity index is 671. The Labute approximate surface area is 168 Å². The molecule has 1 aromatic heterocycles. The molecule has 2 aliphatic heterocycles. The predicted molar refractivity (Wildman–Crippen MR) is 109 cm³/mol. The van der Waals surface area contributed by atoms with Crippen molar-refractivity contribution >= 4 is 11.8 Å². The first-order valence-corrected chi connectivity index (χ1v) is 10.3. The van der Waals surface area contributed by atoms with Crippen LogP contribution in [0, 0.1) is 5.92 Å². The Hall–Kier alpha value is -1.99. The minimum absolute atomic E-state index is 0.00113. The number of aromatic nitrogens is 1. The van der Waals surface area contributed by atoms with Gasteiger partial charge in [-0.25, -0.2) is 4.79 Å². The number of urea groups is 1. The Kier molecular flexibility index (Phi) is 6.67. The van der Waals surface area contributed by atoms with E-state index in [0.717, 1.165) is 38.8 Å². The molecule has 2 aliphatic rings. The first kappa shape index (κ1) is 20.7. The lowest BCUT2D eigenvalue weighted by Crippen LogP contribution is -2.59. The number of likely N-dealkylation sites (N-methyl/N-ethyl adjacent to an activating group) is 1. The molecule has 28 heavy (non-hydrogen) atoms. The lowest BCUT2D eigenvalue weighted by Gasteiger charge is -2.46. The summed E-state index contributed by atoms with van der Waals surface area (Å²) in [6, 6.07) is 5.33. The first-order valence-electron chi connectivity index (χ1n) is 10.3. The summed E-state index contributed by atoms with van der Waals surface area (Å²) in [7, 11) is 6.34. The molecule has 0 aromatic carbocycles. The van der Waals surface area contributed by atoms with Gasteiger partial charge in [0.1, 0.15) is 5.69 Å². The number of nitrogens with one attached hydrogen (secondary N) is 1. The monoisotopic (exact) mass is 387 g/mol. The third-order valence-electron chi connectivity index (χ3n) is 6.43. The normalized spacial score (nSPS) is 22.9. The third kappa shape index (κ3) is 4.70. The first-order chi connectivity index (χ1) is 13.4. The lowest BCUT2D eigenvalue weighted by molar-refractivity contribution is 0.0648. The van der Waals surface area contributed by atoms with Crippen molar-refractivity contribution in [2.45, 2.75) is 31.2 Å². The van der Waals surface area contributed by atoms with Crippen LogP contribution < -0.4 is 5.32 Å². The Morgan fingerprint density at radius 2 is 2.00 bits per heavy atom. The van der Waals surface area contributed by atoms with E-state index in [9.17, 15) is 9.59 Å². The maximum absolute atomic E-state index is 12.8. The number of hydrogen-bond acceptors (Lipinski definition) is 5. The van der Waals surface area contributed by atoms with Crippen molar-refractivity contribution in [3.63, 3.8) is 0 Å². The molecule has 3 heterocycles. The van der Waals surface area contributed by atoms with Gasteiger partial charge >= 0.3 is 6.03 Å². The minimum atomic E-state index is -0.166. The standard InChI is InChI=1S/C21H33N5O2/c1-24(2)21(9-13-25(3)14-10-21)16-23-20(28)26-12-6-7-17(15-26)19(27)18-8-4-5-11-22-18/h4-5,8,11,17H,6-7,9-10,12-16H2,1-3H3,(H,23,28). The van der Waals surface area contributed by atoms with Gasteiger partial charge in [-0.1, -0.05) is 6.07 Å². The van der Waals surface area contributed by atoms with Crippen LogP contribution in [0.3, 0.4) is 0 Å². The van der Waals surface area contributed by atoms with Gasteiger partial charge in [0.2, 0.25) is 0 Å². The number of hydrogen-bond donors (Lipinski definition) is 1. The zero-order chi connectivity index (χ0) is 20.1. The van der Waals surface area contributed by atoms with Crippen LogP contribution in [-0.2, 0) is 0 Å². The van der Waals surface area contributed by atoms with Crippen LogP contribution in [0.25, 0.3) is 0 Å². The van der Waals surface area contributed by atoms with E-state index in [2.05, 4.69) is 41.2 Å². The van der Waals surface area contributed by atoms with Gasteiger partial charge in [0.15, 0.2) is 5.78 Å².